The van der Waals surface area contributed by atoms with Gasteiger partial charge in [0.2, 0.25) is 0 Å². The molecule has 2 unspecified atom stereocenters. The van der Waals surface area contributed by atoms with Gasteiger partial charge in [-0.3, -0.25) is 0 Å². The molecule has 1 aromatic rings. The van der Waals surface area contributed by atoms with E-state index in [0.717, 1.165) is 31.4 Å². The maximum Gasteiger partial charge on any atom is 0.0765 e. The van der Waals surface area contributed by atoms with Crippen LogP contribution >= 0.6 is 0 Å². The Bertz CT molecular complexity index is 273. The third kappa shape index (κ3) is 3.95. The minimum atomic E-state index is -0.0111. The van der Waals surface area contributed by atoms with E-state index in [2.05, 4.69) is 26.0 Å². The van der Waals surface area contributed by atoms with Crippen LogP contribution in [0.25, 0.3) is 0 Å². The average Bonchev–Trinajstić information content (AvgIpc) is 2.35. The summed E-state index contributed by atoms with van der Waals surface area (Å²) in [4.78, 5) is 0. The Morgan fingerprint density at radius 1 is 1.19 bits per heavy atom. The van der Waals surface area contributed by atoms with Gasteiger partial charge in [0.1, 0.15) is 0 Å². The normalized spacial score (nSPS) is 14.7. The highest BCUT2D eigenvalue weighted by molar-refractivity contribution is 5.19. The molecule has 0 saturated heterocycles. The summed E-state index contributed by atoms with van der Waals surface area (Å²) < 4.78 is 5.82. The fourth-order valence-corrected chi connectivity index (χ4v) is 1.74. The predicted octanol–water partition coefficient (Wildman–Crippen LogP) is 3.28. The van der Waals surface area contributed by atoms with Gasteiger partial charge >= 0.3 is 0 Å². The smallest absolute Gasteiger partial charge is 0.0765 e. The highest BCUT2D eigenvalue weighted by Crippen LogP contribution is 2.19. The number of ether oxygens (including phenoxy) is 1. The minimum Gasteiger partial charge on any atom is -0.376 e. The number of hydrogen-bond donors (Lipinski definition) is 1. The lowest BCUT2D eigenvalue weighted by Gasteiger charge is -2.23. The van der Waals surface area contributed by atoms with Crippen molar-refractivity contribution in [3.63, 3.8) is 0 Å². The van der Waals surface area contributed by atoms with Gasteiger partial charge < -0.3 is 10.5 Å². The van der Waals surface area contributed by atoms with Crippen LogP contribution in [-0.4, -0.2) is 12.7 Å². The average molecular weight is 221 g/mol. The van der Waals surface area contributed by atoms with Crippen molar-refractivity contribution < 1.29 is 4.74 Å². The van der Waals surface area contributed by atoms with E-state index >= 15 is 0 Å². The van der Waals surface area contributed by atoms with Gasteiger partial charge in [0, 0.05) is 6.61 Å². The third-order valence-electron chi connectivity index (χ3n) is 2.82. The van der Waals surface area contributed by atoms with Crippen molar-refractivity contribution in [2.45, 2.75) is 45.3 Å². The van der Waals surface area contributed by atoms with E-state index in [1.54, 1.807) is 0 Å². The summed E-state index contributed by atoms with van der Waals surface area (Å²) in [6, 6.07) is 10.2. The van der Waals surface area contributed by atoms with Crippen LogP contribution in [-0.2, 0) is 4.74 Å². The zero-order valence-corrected chi connectivity index (χ0v) is 10.4. The maximum atomic E-state index is 6.21. The van der Waals surface area contributed by atoms with E-state index in [0.29, 0.717) is 0 Å². The molecule has 2 nitrogen and oxygen atoms in total. The van der Waals surface area contributed by atoms with Gasteiger partial charge in [-0.05, 0) is 18.4 Å². The zero-order chi connectivity index (χ0) is 11.8. The zero-order valence-electron chi connectivity index (χ0n) is 10.4. The Morgan fingerprint density at radius 3 is 2.44 bits per heavy atom. The molecule has 0 aromatic heterocycles. The Balaban J connectivity index is 2.52. The molecule has 0 aliphatic carbocycles. The van der Waals surface area contributed by atoms with Crippen LogP contribution in [0, 0.1) is 0 Å². The summed E-state index contributed by atoms with van der Waals surface area (Å²) in [6.45, 7) is 5.11. The van der Waals surface area contributed by atoms with Crippen molar-refractivity contribution in [1.82, 2.24) is 0 Å². The molecule has 0 amide bonds. The lowest BCUT2D eigenvalue weighted by atomic mass is 10.0. The minimum absolute atomic E-state index is 0.0111. The SMILES string of the molecule is CCCCOC(CC)C(N)c1ccccc1. The Labute approximate surface area is 98.8 Å². The largest absolute Gasteiger partial charge is 0.376 e. The van der Waals surface area contributed by atoms with Gasteiger partial charge in [0.05, 0.1) is 12.1 Å². The molecule has 2 atom stereocenters. The van der Waals surface area contributed by atoms with E-state index < -0.39 is 0 Å². The first-order valence-corrected chi connectivity index (χ1v) is 6.21. The van der Waals surface area contributed by atoms with E-state index in [1.165, 1.54) is 0 Å². The summed E-state index contributed by atoms with van der Waals surface area (Å²) in [5, 5.41) is 0. The van der Waals surface area contributed by atoms with Crippen LogP contribution in [0.3, 0.4) is 0 Å². The van der Waals surface area contributed by atoms with Gasteiger partial charge in [0.15, 0.2) is 0 Å². The van der Waals surface area contributed by atoms with E-state index in [-0.39, 0.29) is 12.1 Å². The molecule has 1 rings (SSSR count). The highest BCUT2D eigenvalue weighted by Gasteiger charge is 2.17. The van der Waals surface area contributed by atoms with Crippen molar-refractivity contribution in [2.75, 3.05) is 6.61 Å². The van der Waals surface area contributed by atoms with Crippen LogP contribution < -0.4 is 5.73 Å². The molecular weight excluding hydrogens is 198 g/mol. The Hall–Kier alpha value is -0.860. The molecule has 0 spiro atoms. The second kappa shape index (κ2) is 7.42. The molecule has 1 aromatic carbocycles. The Morgan fingerprint density at radius 2 is 1.88 bits per heavy atom. The third-order valence-corrected chi connectivity index (χ3v) is 2.82. The number of unbranched alkanes of at least 4 members (excludes halogenated alkanes) is 1. The van der Waals surface area contributed by atoms with Crippen LogP contribution in [0.4, 0.5) is 0 Å². The first-order valence-electron chi connectivity index (χ1n) is 6.21. The van der Waals surface area contributed by atoms with Crippen molar-refractivity contribution in [3.05, 3.63) is 35.9 Å². The monoisotopic (exact) mass is 221 g/mol. The molecule has 90 valence electrons. The predicted molar refractivity (Wildman–Crippen MR) is 68.3 cm³/mol. The standard InChI is InChI=1S/C14H23NO/c1-3-5-11-16-13(4-2)14(15)12-9-7-6-8-10-12/h6-10,13-14H,3-5,11,15H2,1-2H3. The number of hydrogen-bond acceptors (Lipinski definition) is 2. The van der Waals surface area contributed by atoms with E-state index in [4.69, 9.17) is 10.5 Å². The van der Waals surface area contributed by atoms with Gasteiger partial charge in [-0.15, -0.1) is 0 Å². The number of nitrogens with two attached hydrogens (primary N) is 1. The lowest BCUT2D eigenvalue weighted by Crippen LogP contribution is -2.28. The number of benzene rings is 1. The van der Waals surface area contributed by atoms with E-state index in [1.807, 2.05) is 18.2 Å². The molecule has 0 fully saturated rings. The summed E-state index contributed by atoms with van der Waals surface area (Å²) >= 11 is 0. The molecule has 16 heavy (non-hydrogen) atoms. The molecule has 0 bridgehead atoms. The molecule has 0 radical (unpaired) electrons. The molecule has 2 N–H and O–H groups in total. The fourth-order valence-electron chi connectivity index (χ4n) is 1.74. The van der Waals surface area contributed by atoms with Crippen LogP contribution in [0.1, 0.15) is 44.7 Å². The van der Waals surface area contributed by atoms with Crippen molar-refractivity contribution in [1.29, 1.82) is 0 Å². The van der Waals surface area contributed by atoms with Crippen LogP contribution in [0.15, 0.2) is 30.3 Å². The van der Waals surface area contributed by atoms with Crippen molar-refractivity contribution in [3.8, 4) is 0 Å². The van der Waals surface area contributed by atoms with Crippen LogP contribution in [0.2, 0.25) is 0 Å². The quantitative estimate of drug-likeness (QED) is 0.717. The fraction of sp³-hybridized carbons (Fsp3) is 0.571. The molecule has 0 saturated carbocycles. The molecule has 0 aliphatic rings. The maximum absolute atomic E-state index is 6.21. The first-order chi connectivity index (χ1) is 7.79. The molecule has 2 heteroatoms. The van der Waals surface area contributed by atoms with E-state index in [9.17, 15) is 0 Å². The van der Waals surface area contributed by atoms with Gasteiger partial charge in [-0.2, -0.15) is 0 Å². The summed E-state index contributed by atoms with van der Waals surface area (Å²) in [5.74, 6) is 0. The lowest BCUT2D eigenvalue weighted by molar-refractivity contribution is 0.0310. The first kappa shape index (κ1) is 13.2. The van der Waals surface area contributed by atoms with Crippen molar-refractivity contribution >= 4 is 0 Å². The highest BCUT2D eigenvalue weighted by atomic mass is 16.5. The number of rotatable bonds is 7. The van der Waals surface area contributed by atoms with Gasteiger partial charge in [0.25, 0.3) is 0 Å². The second-order valence-corrected chi connectivity index (χ2v) is 4.11. The topological polar surface area (TPSA) is 35.2 Å². The molecular formula is C14H23NO. The van der Waals surface area contributed by atoms with Gasteiger partial charge in [-0.1, -0.05) is 50.6 Å². The summed E-state index contributed by atoms with van der Waals surface area (Å²) in [6.07, 6.45) is 3.36. The van der Waals surface area contributed by atoms with Gasteiger partial charge in [-0.25, -0.2) is 0 Å². The second-order valence-electron chi connectivity index (χ2n) is 4.11. The summed E-state index contributed by atoms with van der Waals surface area (Å²) in [7, 11) is 0. The Kier molecular flexibility index (Phi) is 6.12. The van der Waals surface area contributed by atoms with Crippen LogP contribution in [0.5, 0.6) is 0 Å². The molecule has 0 heterocycles. The summed E-state index contributed by atoms with van der Waals surface area (Å²) in [5.41, 5.74) is 7.37. The van der Waals surface area contributed by atoms with Crippen molar-refractivity contribution in [2.24, 2.45) is 5.73 Å². The molecule has 0 aliphatic heterocycles.